The van der Waals surface area contributed by atoms with Crippen molar-refractivity contribution in [3.63, 3.8) is 0 Å². The lowest BCUT2D eigenvalue weighted by molar-refractivity contribution is 0.0525. The van der Waals surface area contributed by atoms with E-state index in [1.807, 2.05) is 0 Å². The molecular weight excluding hydrogens is 126 g/mol. The molecule has 2 N–H and O–H groups in total. The lowest BCUT2D eigenvalue weighted by Crippen LogP contribution is -2.50. The molecule has 0 aromatic heterocycles. The lowest BCUT2D eigenvalue weighted by Gasteiger charge is -2.38. The van der Waals surface area contributed by atoms with Crippen LogP contribution >= 0.6 is 0 Å². The van der Waals surface area contributed by atoms with Gasteiger partial charge in [-0.05, 0) is 25.7 Å². The number of hydrogen-bond donors (Lipinski definition) is 2. The average molecular weight is 141 g/mol. The first-order chi connectivity index (χ1) is 4.84. The minimum atomic E-state index is -0.00224. The second kappa shape index (κ2) is 2.51. The standard InChI is InChI=1S/C8H15NO/c10-8-4-7(5-8)9-6-2-1-3-6/h6-10H,1-5H2. The Morgan fingerprint density at radius 3 is 2.20 bits per heavy atom. The highest BCUT2D eigenvalue weighted by Gasteiger charge is 2.30. The fourth-order valence-corrected chi connectivity index (χ4v) is 1.63. The summed E-state index contributed by atoms with van der Waals surface area (Å²) >= 11 is 0. The summed E-state index contributed by atoms with van der Waals surface area (Å²) < 4.78 is 0. The zero-order valence-corrected chi connectivity index (χ0v) is 6.21. The molecule has 0 radical (unpaired) electrons. The quantitative estimate of drug-likeness (QED) is 0.592. The molecule has 0 aliphatic heterocycles. The molecule has 0 amide bonds. The Morgan fingerprint density at radius 2 is 1.80 bits per heavy atom. The number of aliphatic hydroxyl groups excluding tert-OH is 1. The molecule has 0 saturated heterocycles. The summed E-state index contributed by atoms with van der Waals surface area (Å²) in [5, 5.41) is 12.5. The first kappa shape index (κ1) is 6.62. The summed E-state index contributed by atoms with van der Waals surface area (Å²) in [7, 11) is 0. The monoisotopic (exact) mass is 141 g/mol. The summed E-state index contributed by atoms with van der Waals surface area (Å²) in [6.45, 7) is 0. The zero-order chi connectivity index (χ0) is 6.97. The van der Waals surface area contributed by atoms with Crippen molar-refractivity contribution in [3.8, 4) is 0 Å². The van der Waals surface area contributed by atoms with Crippen LogP contribution in [-0.2, 0) is 0 Å². The highest BCUT2D eigenvalue weighted by atomic mass is 16.3. The van der Waals surface area contributed by atoms with Crippen molar-refractivity contribution in [2.75, 3.05) is 0 Å². The molecule has 0 atom stereocenters. The fraction of sp³-hybridized carbons (Fsp3) is 1.00. The van der Waals surface area contributed by atoms with Crippen LogP contribution in [0.1, 0.15) is 32.1 Å². The topological polar surface area (TPSA) is 32.3 Å². The van der Waals surface area contributed by atoms with Gasteiger partial charge in [0.2, 0.25) is 0 Å². The maximum Gasteiger partial charge on any atom is 0.0570 e. The number of hydrogen-bond acceptors (Lipinski definition) is 2. The molecule has 2 aliphatic rings. The second-order valence-electron chi connectivity index (χ2n) is 3.62. The van der Waals surface area contributed by atoms with Gasteiger partial charge in [-0.15, -0.1) is 0 Å². The van der Waals surface area contributed by atoms with Crippen LogP contribution in [0.2, 0.25) is 0 Å². The van der Waals surface area contributed by atoms with Gasteiger partial charge >= 0.3 is 0 Å². The largest absolute Gasteiger partial charge is 0.393 e. The van der Waals surface area contributed by atoms with Crippen molar-refractivity contribution in [3.05, 3.63) is 0 Å². The average Bonchev–Trinajstić information content (AvgIpc) is 1.72. The van der Waals surface area contributed by atoms with Crippen molar-refractivity contribution in [2.45, 2.75) is 50.3 Å². The van der Waals surface area contributed by atoms with E-state index in [1.165, 1.54) is 19.3 Å². The van der Waals surface area contributed by atoms with Crippen molar-refractivity contribution in [1.82, 2.24) is 5.32 Å². The summed E-state index contributed by atoms with van der Waals surface area (Å²) in [4.78, 5) is 0. The van der Waals surface area contributed by atoms with Crippen LogP contribution in [0.4, 0.5) is 0 Å². The van der Waals surface area contributed by atoms with Crippen LogP contribution in [-0.4, -0.2) is 23.3 Å². The first-order valence-electron chi connectivity index (χ1n) is 4.29. The Hall–Kier alpha value is -0.0800. The van der Waals surface area contributed by atoms with E-state index in [2.05, 4.69) is 5.32 Å². The molecule has 0 unspecified atom stereocenters. The van der Waals surface area contributed by atoms with Crippen LogP contribution in [0.25, 0.3) is 0 Å². The SMILES string of the molecule is OC1CC(NC2CCC2)C1. The van der Waals surface area contributed by atoms with Gasteiger partial charge in [-0.25, -0.2) is 0 Å². The van der Waals surface area contributed by atoms with E-state index < -0.39 is 0 Å². The van der Waals surface area contributed by atoms with Crippen LogP contribution in [0.5, 0.6) is 0 Å². The Labute approximate surface area is 61.6 Å². The number of nitrogens with one attached hydrogen (secondary N) is 1. The molecule has 58 valence electrons. The normalized spacial score (nSPS) is 40.5. The molecule has 0 bridgehead atoms. The highest BCUT2D eigenvalue weighted by molar-refractivity contribution is 4.89. The Kier molecular flexibility index (Phi) is 1.66. The van der Waals surface area contributed by atoms with Gasteiger partial charge in [-0.3, -0.25) is 0 Å². The molecule has 2 fully saturated rings. The van der Waals surface area contributed by atoms with E-state index in [4.69, 9.17) is 5.11 Å². The van der Waals surface area contributed by atoms with Crippen molar-refractivity contribution >= 4 is 0 Å². The molecule has 0 aromatic carbocycles. The molecule has 2 rings (SSSR count). The smallest absolute Gasteiger partial charge is 0.0570 e. The molecule has 2 heteroatoms. The third-order valence-corrected chi connectivity index (χ3v) is 2.69. The van der Waals surface area contributed by atoms with Crippen molar-refractivity contribution in [1.29, 1.82) is 0 Å². The van der Waals surface area contributed by atoms with Crippen molar-refractivity contribution in [2.24, 2.45) is 0 Å². The third kappa shape index (κ3) is 1.18. The Morgan fingerprint density at radius 1 is 1.10 bits per heavy atom. The van der Waals surface area contributed by atoms with Crippen LogP contribution in [0.3, 0.4) is 0 Å². The van der Waals surface area contributed by atoms with Crippen molar-refractivity contribution < 1.29 is 5.11 Å². The fourth-order valence-electron chi connectivity index (χ4n) is 1.63. The predicted octanol–water partition coefficient (Wildman–Crippen LogP) is 0.652. The molecule has 0 aromatic rings. The minimum Gasteiger partial charge on any atom is -0.393 e. The summed E-state index contributed by atoms with van der Waals surface area (Å²) in [5.74, 6) is 0. The Balaban J connectivity index is 1.62. The van der Waals surface area contributed by atoms with E-state index >= 15 is 0 Å². The summed E-state index contributed by atoms with van der Waals surface area (Å²) in [5.41, 5.74) is 0. The first-order valence-corrected chi connectivity index (χ1v) is 4.29. The van der Waals surface area contributed by atoms with E-state index in [1.54, 1.807) is 0 Å². The van der Waals surface area contributed by atoms with Gasteiger partial charge < -0.3 is 10.4 Å². The molecule has 2 aliphatic carbocycles. The van der Waals surface area contributed by atoms with E-state index in [0.29, 0.717) is 6.04 Å². The third-order valence-electron chi connectivity index (χ3n) is 2.69. The van der Waals surface area contributed by atoms with Gasteiger partial charge in [-0.2, -0.15) is 0 Å². The highest BCUT2D eigenvalue weighted by Crippen LogP contribution is 2.25. The van der Waals surface area contributed by atoms with E-state index in [0.717, 1.165) is 18.9 Å². The van der Waals surface area contributed by atoms with Gasteiger partial charge in [0.1, 0.15) is 0 Å². The minimum absolute atomic E-state index is 0.00224. The Bertz CT molecular complexity index is 116. The summed E-state index contributed by atoms with van der Waals surface area (Å²) in [6, 6.07) is 1.43. The van der Waals surface area contributed by atoms with Crippen LogP contribution < -0.4 is 5.32 Å². The second-order valence-corrected chi connectivity index (χ2v) is 3.62. The molecule has 0 spiro atoms. The van der Waals surface area contributed by atoms with Gasteiger partial charge in [0.05, 0.1) is 6.10 Å². The van der Waals surface area contributed by atoms with E-state index in [9.17, 15) is 0 Å². The van der Waals surface area contributed by atoms with Gasteiger partial charge in [-0.1, -0.05) is 6.42 Å². The maximum absolute atomic E-state index is 8.98. The van der Waals surface area contributed by atoms with E-state index in [-0.39, 0.29) is 6.10 Å². The number of aliphatic hydroxyl groups is 1. The lowest BCUT2D eigenvalue weighted by atomic mass is 9.85. The van der Waals surface area contributed by atoms with Crippen LogP contribution in [0.15, 0.2) is 0 Å². The molecule has 2 saturated carbocycles. The molecule has 10 heavy (non-hydrogen) atoms. The van der Waals surface area contributed by atoms with Crippen LogP contribution in [0, 0.1) is 0 Å². The number of rotatable bonds is 2. The predicted molar refractivity (Wildman–Crippen MR) is 39.8 cm³/mol. The van der Waals surface area contributed by atoms with Gasteiger partial charge in [0.15, 0.2) is 0 Å². The summed E-state index contributed by atoms with van der Waals surface area (Å²) in [6.07, 6.45) is 6.07. The van der Waals surface area contributed by atoms with Gasteiger partial charge in [0, 0.05) is 12.1 Å². The molecule has 0 heterocycles. The zero-order valence-electron chi connectivity index (χ0n) is 6.21. The van der Waals surface area contributed by atoms with Gasteiger partial charge in [0.25, 0.3) is 0 Å². The maximum atomic E-state index is 8.98. The molecular formula is C8H15NO. The molecule has 2 nitrogen and oxygen atoms in total.